The first-order chi connectivity index (χ1) is 15.0. The summed E-state index contributed by atoms with van der Waals surface area (Å²) in [4.78, 5) is 0. The lowest BCUT2D eigenvalue weighted by atomic mass is 10.2. The molecule has 0 fully saturated rings. The van der Waals surface area contributed by atoms with Crippen LogP contribution in [0, 0.1) is 0 Å². The number of hydrogen-bond acceptors (Lipinski definition) is 0. The molecule has 0 aromatic carbocycles. The minimum atomic E-state index is 1.02. The highest BCUT2D eigenvalue weighted by atomic mass is 13.8. The molecule has 0 radical (unpaired) electrons. The van der Waals surface area contributed by atoms with Gasteiger partial charge in [0.05, 0.1) is 0 Å². The average molecular weight is 401 g/mol. The molecule has 0 aromatic heterocycles. The molecule has 0 atom stereocenters. The molecule has 0 N–H and O–H groups in total. The maximum atomic E-state index is 2.24. The van der Waals surface area contributed by atoms with Crippen LogP contribution in [-0.4, -0.2) is 0 Å². The van der Waals surface area contributed by atoms with Gasteiger partial charge in [0, 0.05) is 0 Å². The monoisotopic (exact) mass is 400 g/mol. The molecule has 0 spiro atoms. The molecule has 0 aromatic rings. The van der Waals surface area contributed by atoms with Crippen LogP contribution in [0.2, 0.25) is 0 Å². The van der Waals surface area contributed by atoms with Crippen molar-refractivity contribution < 1.29 is 0 Å². The van der Waals surface area contributed by atoms with Gasteiger partial charge in [-0.15, -0.1) is 0 Å². The number of hydrogen-bond donors (Lipinski definition) is 0. The van der Waals surface area contributed by atoms with E-state index in [4.69, 9.17) is 0 Å². The van der Waals surface area contributed by atoms with E-state index in [0.29, 0.717) is 0 Å². The lowest BCUT2D eigenvalue weighted by molar-refractivity contribution is 1.23. The third-order valence-electron chi connectivity index (χ3n) is 4.39. The predicted molar refractivity (Wildman–Crippen MR) is 138 cm³/mol. The molecule has 160 valence electrons. The summed E-state index contributed by atoms with van der Waals surface area (Å²) < 4.78 is 0. The lowest BCUT2D eigenvalue weighted by Crippen LogP contribution is -1.66. The van der Waals surface area contributed by atoms with E-state index in [0.717, 1.165) is 64.2 Å². The Kier molecular flexibility index (Phi) is 19.2. The molecule has 1 aliphatic carbocycles. The van der Waals surface area contributed by atoms with Gasteiger partial charge in [0.25, 0.3) is 0 Å². The zero-order valence-electron chi connectivity index (χ0n) is 18.6. The predicted octanol–water partition coefficient (Wildman–Crippen LogP) is 9.46. The SMILES string of the molecule is C1=CC/C=C/C/C=C/C/C=C\C/C=C/C/C=C/C/C=C/C/C=C/C/C=C\C/C=C/C1. The van der Waals surface area contributed by atoms with Gasteiger partial charge in [0.2, 0.25) is 0 Å². The van der Waals surface area contributed by atoms with Crippen molar-refractivity contribution in [1.29, 1.82) is 0 Å². The third-order valence-corrected chi connectivity index (χ3v) is 4.39. The summed E-state index contributed by atoms with van der Waals surface area (Å²) in [5, 5.41) is 0. The first-order valence-electron chi connectivity index (χ1n) is 11.5. The maximum absolute atomic E-state index is 2.24. The topological polar surface area (TPSA) is 0 Å². The highest BCUT2D eigenvalue weighted by molar-refractivity contribution is 5.04. The second-order valence-electron chi connectivity index (χ2n) is 7.07. The van der Waals surface area contributed by atoms with Gasteiger partial charge in [-0.25, -0.2) is 0 Å². The largest absolute Gasteiger partial charge is 0.0844 e. The van der Waals surface area contributed by atoms with Crippen molar-refractivity contribution in [3.8, 4) is 0 Å². The van der Waals surface area contributed by atoms with Gasteiger partial charge in [-0.1, -0.05) is 122 Å². The summed E-state index contributed by atoms with van der Waals surface area (Å²) in [6, 6.07) is 0. The third kappa shape index (κ3) is 20.1. The molecule has 0 bridgehead atoms. The first-order valence-corrected chi connectivity index (χ1v) is 11.5. The number of rotatable bonds is 0. The van der Waals surface area contributed by atoms with Crippen molar-refractivity contribution in [3.63, 3.8) is 0 Å². The van der Waals surface area contributed by atoms with Crippen molar-refractivity contribution in [2.45, 2.75) is 64.2 Å². The van der Waals surface area contributed by atoms with Crippen LogP contribution in [0.3, 0.4) is 0 Å². The summed E-state index contributed by atoms with van der Waals surface area (Å²) >= 11 is 0. The second kappa shape index (κ2) is 22.7. The van der Waals surface area contributed by atoms with Crippen LogP contribution in [-0.2, 0) is 0 Å². The van der Waals surface area contributed by atoms with Gasteiger partial charge < -0.3 is 0 Å². The Morgan fingerprint density at radius 3 is 0.267 bits per heavy atom. The smallest absolute Gasteiger partial charge is 0.0169 e. The second-order valence-corrected chi connectivity index (χ2v) is 7.07. The van der Waals surface area contributed by atoms with Crippen molar-refractivity contribution in [1.82, 2.24) is 0 Å². The first kappa shape index (κ1) is 25.4. The van der Waals surface area contributed by atoms with Crippen molar-refractivity contribution >= 4 is 0 Å². The van der Waals surface area contributed by atoms with Gasteiger partial charge in [-0.05, 0) is 64.2 Å². The van der Waals surface area contributed by atoms with Crippen LogP contribution in [0.15, 0.2) is 122 Å². The zero-order chi connectivity index (χ0) is 21.2. The minimum absolute atomic E-state index is 1.02. The van der Waals surface area contributed by atoms with Crippen LogP contribution in [0.1, 0.15) is 64.2 Å². The van der Waals surface area contributed by atoms with Gasteiger partial charge in [0.15, 0.2) is 0 Å². The molecule has 0 nitrogen and oxygen atoms in total. The molecule has 0 aliphatic heterocycles. The summed E-state index contributed by atoms with van der Waals surface area (Å²) in [7, 11) is 0. The molecule has 1 aliphatic rings. The van der Waals surface area contributed by atoms with Crippen LogP contribution in [0.25, 0.3) is 0 Å². The van der Waals surface area contributed by atoms with Gasteiger partial charge in [-0.3, -0.25) is 0 Å². The van der Waals surface area contributed by atoms with E-state index in [1.54, 1.807) is 0 Å². The standard InChI is InChI=1S/C30H40/c1-2-4-6-8-10-12-14-16-18-20-22-24-26-28-30-29-27-25-23-21-19-17-15-13-11-9-7-5-3-1/h1-2,5-8,11-14,17-20,23-26,29-30H,3-4,9-10,15-16,21-22,27-28H2/b2-1-,7-5+,8-6+,13-11+,14-12+,19-17+,20-18?,25-23+,26-24+,30-29-. The molecule has 0 saturated heterocycles. The molecule has 0 saturated carbocycles. The van der Waals surface area contributed by atoms with Crippen molar-refractivity contribution in [3.05, 3.63) is 122 Å². The Hall–Kier alpha value is -2.60. The lowest BCUT2D eigenvalue weighted by Gasteiger charge is -1.87. The summed E-state index contributed by atoms with van der Waals surface area (Å²) in [6.07, 6.45) is 55.0. The molecular weight excluding hydrogens is 360 g/mol. The fraction of sp³-hybridized carbons (Fsp3) is 0.333. The van der Waals surface area contributed by atoms with E-state index in [2.05, 4.69) is 122 Å². The van der Waals surface area contributed by atoms with Crippen LogP contribution in [0.5, 0.6) is 0 Å². The Morgan fingerprint density at radius 2 is 0.200 bits per heavy atom. The Labute approximate surface area is 185 Å². The van der Waals surface area contributed by atoms with Gasteiger partial charge >= 0.3 is 0 Å². The molecule has 30 heavy (non-hydrogen) atoms. The fourth-order valence-electron chi connectivity index (χ4n) is 2.71. The number of allylic oxidation sites excluding steroid dienone is 20. The summed E-state index contributed by atoms with van der Waals surface area (Å²) in [5.74, 6) is 0. The van der Waals surface area contributed by atoms with E-state index in [1.165, 1.54) is 0 Å². The Bertz CT molecular complexity index is 430. The quantitative estimate of drug-likeness (QED) is 0.355. The van der Waals surface area contributed by atoms with Crippen LogP contribution >= 0.6 is 0 Å². The summed E-state index contributed by atoms with van der Waals surface area (Å²) in [6.45, 7) is 0. The highest BCUT2D eigenvalue weighted by Crippen LogP contribution is 1.99. The Balaban J connectivity index is 2.40. The van der Waals surface area contributed by atoms with E-state index in [-0.39, 0.29) is 0 Å². The molecule has 0 heterocycles. The van der Waals surface area contributed by atoms with Crippen LogP contribution in [0.4, 0.5) is 0 Å². The Morgan fingerprint density at radius 1 is 0.133 bits per heavy atom. The maximum Gasteiger partial charge on any atom is -0.0169 e. The van der Waals surface area contributed by atoms with Gasteiger partial charge in [-0.2, -0.15) is 0 Å². The van der Waals surface area contributed by atoms with Crippen molar-refractivity contribution in [2.24, 2.45) is 0 Å². The van der Waals surface area contributed by atoms with E-state index in [9.17, 15) is 0 Å². The molecule has 1 rings (SSSR count). The van der Waals surface area contributed by atoms with Crippen molar-refractivity contribution in [2.75, 3.05) is 0 Å². The van der Waals surface area contributed by atoms with Gasteiger partial charge in [0.1, 0.15) is 0 Å². The highest BCUT2D eigenvalue weighted by Gasteiger charge is 1.78. The summed E-state index contributed by atoms with van der Waals surface area (Å²) in [5.41, 5.74) is 0. The minimum Gasteiger partial charge on any atom is -0.0844 e. The molecule has 0 heteroatoms. The van der Waals surface area contributed by atoms with Crippen LogP contribution < -0.4 is 0 Å². The van der Waals surface area contributed by atoms with E-state index >= 15 is 0 Å². The fourth-order valence-corrected chi connectivity index (χ4v) is 2.71. The molecule has 0 unspecified atom stereocenters. The van der Waals surface area contributed by atoms with E-state index < -0.39 is 0 Å². The van der Waals surface area contributed by atoms with E-state index in [1.807, 2.05) is 0 Å². The molecular formula is C30H40. The average Bonchev–Trinajstić information content (AvgIpc) is 2.76. The zero-order valence-corrected chi connectivity index (χ0v) is 18.6. The normalized spacial score (nSPS) is 28.3. The molecule has 0 amide bonds.